The minimum Gasteiger partial charge on any atom is -0.308 e. The standard InChI is InChI=1S/C20H21F3N2OS/c1-13(2)14-6-8-17(9-7-14)24-19(26)25-10-11-27-18(25)15-4-3-5-16(12-15)20(21,22)23/h3-9,12-13,18H,10-11H2,1-2H3,(H,24,26). The highest BCUT2D eigenvalue weighted by molar-refractivity contribution is 7.99. The normalized spacial score (nSPS) is 17.4. The lowest BCUT2D eigenvalue weighted by molar-refractivity contribution is -0.137. The van der Waals surface area contributed by atoms with Crippen molar-refractivity contribution in [2.24, 2.45) is 0 Å². The first-order chi connectivity index (χ1) is 12.8. The number of carbonyl (C=O) groups excluding carboxylic acids is 1. The Hall–Kier alpha value is -2.15. The molecule has 2 aromatic rings. The van der Waals surface area contributed by atoms with Crippen LogP contribution in [-0.4, -0.2) is 23.2 Å². The van der Waals surface area contributed by atoms with Crippen LogP contribution in [0, 0.1) is 0 Å². The largest absolute Gasteiger partial charge is 0.416 e. The van der Waals surface area contributed by atoms with Gasteiger partial charge in [0.1, 0.15) is 5.37 Å². The number of hydrogen-bond acceptors (Lipinski definition) is 2. The number of benzene rings is 2. The Morgan fingerprint density at radius 1 is 1.19 bits per heavy atom. The van der Waals surface area contributed by atoms with Gasteiger partial charge in [0.25, 0.3) is 0 Å². The molecule has 1 fully saturated rings. The summed E-state index contributed by atoms with van der Waals surface area (Å²) in [6, 6.07) is 12.5. The molecule has 3 rings (SSSR count). The Bertz CT molecular complexity index is 806. The average Bonchev–Trinajstić information content (AvgIpc) is 3.11. The number of halogens is 3. The third-order valence-corrected chi connectivity index (χ3v) is 5.74. The Morgan fingerprint density at radius 3 is 2.52 bits per heavy atom. The maximum Gasteiger partial charge on any atom is 0.416 e. The number of thioether (sulfide) groups is 1. The second-order valence-electron chi connectivity index (χ2n) is 6.75. The number of anilines is 1. The molecule has 27 heavy (non-hydrogen) atoms. The third kappa shape index (κ3) is 4.58. The minimum atomic E-state index is -4.40. The molecule has 1 N–H and O–H groups in total. The molecule has 3 nitrogen and oxygen atoms in total. The topological polar surface area (TPSA) is 32.3 Å². The minimum absolute atomic E-state index is 0.306. The summed E-state index contributed by atoms with van der Waals surface area (Å²) in [7, 11) is 0. The maximum atomic E-state index is 13.0. The zero-order valence-corrected chi connectivity index (χ0v) is 15.9. The molecule has 1 heterocycles. The summed E-state index contributed by atoms with van der Waals surface area (Å²) < 4.78 is 39.0. The number of carbonyl (C=O) groups is 1. The molecule has 1 atom stereocenters. The van der Waals surface area contributed by atoms with Crippen LogP contribution in [0.2, 0.25) is 0 Å². The fourth-order valence-electron chi connectivity index (χ4n) is 2.97. The van der Waals surface area contributed by atoms with E-state index in [2.05, 4.69) is 19.2 Å². The van der Waals surface area contributed by atoms with Crippen molar-refractivity contribution in [3.63, 3.8) is 0 Å². The van der Waals surface area contributed by atoms with E-state index in [1.807, 2.05) is 24.3 Å². The van der Waals surface area contributed by atoms with Gasteiger partial charge >= 0.3 is 12.2 Å². The number of rotatable bonds is 3. The lowest BCUT2D eigenvalue weighted by Crippen LogP contribution is -2.34. The molecule has 7 heteroatoms. The number of nitrogens with zero attached hydrogens (tertiary/aromatic N) is 1. The van der Waals surface area contributed by atoms with Gasteiger partial charge < -0.3 is 10.2 Å². The molecule has 0 bridgehead atoms. The summed E-state index contributed by atoms with van der Waals surface area (Å²) in [5.41, 5.74) is 1.63. The van der Waals surface area contributed by atoms with Crippen molar-refractivity contribution in [1.82, 2.24) is 4.90 Å². The molecular formula is C20H21F3N2OS. The van der Waals surface area contributed by atoms with E-state index in [1.165, 1.54) is 23.4 Å². The molecule has 2 amide bonds. The molecule has 1 saturated heterocycles. The van der Waals surface area contributed by atoms with Crippen LogP contribution in [0.15, 0.2) is 48.5 Å². The van der Waals surface area contributed by atoms with Gasteiger partial charge in [-0.2, -0.15) is 13.2 Å². The van der Waals surface area contributed by atoms with Crippen molar-refractivity contribution in [3.05, 3.63) is 65.2 Å². The predicted molar refractivity (Wildman–Crippen MR) is 103 cm³/mol. The van der Waals surface area contributed by atoms with E-state index in [1.54, 1.807) is 11.0 Å². The number of urea groups is 1. The monoisotopic (exact) mass is 394 g/mol. The van der Waals surface area contributed by atoms with Crippen molar-refractivity contribution >= 4 is 23.5 Å². The van der Waals surface area contributed by atoms with Gasteiger partial charge in [-0.1, -0.05) is 38.1 Å². The second-order valence-corrected chi connectivity index (χ2v) is 7.93. The van der Waals surface area contributed by atoms with E-state index in [9.17, 15) is 18.0 Å². The molecule has 1 aliphatic rings. The summed E-state index contributed by atoms with van der Waals surface area (Å²) in [6.07, 6.45) is -4.40. The third-order valence-electron chi connectivity index (χ3n) is 4.48. The molecule has 1 aliphatic heterocycles. The van der Waals surface area contributed by atoms with Crippen LogP contribution in [0.5, 0.6) is 0 Å². The molecule has 0 radical (unpaired) electrons. The smallest absolute Gasteiger partial charge is 0.308 e. The van der Waals surface area contributed by atoms with E-state index in [0.717, 1.165) is 12.1 Å². The number of hydrogen-bond donors (Lipinski definition) is 1. The Labute approximate surface area is 160 Å². The zero-order chi connectivity index (χ0) is 19.6. The Balaban J connectivity index is 1.75. The van der Waals surface area contributed by atoms with Gasteiger partial charge in [0.05, 0.1) is 5.56 Å². The Morgan fingerprint density at radius 2 is 1.89 bits per heavy atom. The van der Waals surface area contributed by atoms with Gasteiger partial charge in [-0.05, 0) is 41.3 Å². The highest BCUT2D eigenvalue weighted by Gasteiger charge is 2.34. The van der Waals surface area contributed by atoms with E-state index in [4.69, 9.17) is 0 Å². The summed E-state index contributed by atoms with van der Waals surface area (Å²) in [5, 5.41) is 2.42. The Kier molecular flexibility index (Phi) is 5.69. The van der Waals surface area contributed by atoms with Crippen LogP contribution in [0.4, 0.5) is 23.7 Å². The van der Waals surface area contributed by atoms with Gasteiger partial charge in [-0.15, -0.1) is 11.8 Å². The molecule has 0 saturated carbocycles. The zero-order valence-electron chi connectivity index (χ0n) is 15.1. The highest BCUT2D eigenvalue weighted by atomic mass is 32.2. The molecule has 144 valence electrons. The molecule has 0 aliphatic carbocycles. The van der Waals surface area contributed by atoms with Crippen LogP contribution in [-0.2, 0) is 6.18 Å². The molecular weight excluding hydrogens is 373 g/mol. The van der Waals surface area contributed by atoms with Crippen LogP contribution in [0.25, 0.3) is 0 Å². The fourth-order valence-corrected chi connectivity index (χ4v) is 4.21. The van der Waals surface area contributed by atoms with Crippen LogP contribution in [0.3, 0.4) is 0 Å². The van der Waals surface area contributed by atoms with Gasteiger partial charge in [-0.3, -0.25) is 0 Å². The molecule has 0 aromatic heterocycles. The molecule has 0 spiro atoms. The van der Waals surface area contributed by atoms with Gasteiger partial charge in [0.15, 0.2) is 0 Å². The van der Waals surface area contributed by atoms with Gasteiger partial charge in [0.2, 0.25) is 0 Å². The van der Waals surface area contributed by atoms with Crippen molar-refractivity contribution in [1.29, 1.82) is 0 Å². The van der Waals surface area contributed by atoms with Crippen LogP contribution >= 0.6 is 11.8 Å². The first kappa shape index (κ1) is 19.6. The number of nitrogens with one attached hydrogen (secondary N) is 1. The second kappa shape index (κ2) is 7.84. The fraction of sp³-hybridized carbons (Fsp3) is 0.350. The van der Waals surface area contributed by atoms with Crippen LogP contribution in [0.1, 0.15) is 41.8 Å². The van der Waals surface area contributed by atoms with Crippen molar-refractivity contribution in [2.45, 2.75) is 31.3 Å². The number of amides is 2. The first-order valence-electron chi connectivity index (χ1n) is 8.72. The summed E-state index contributed by atoms with van der Waals surface area (Å²) >= 11 is 1.47. The van der Waals surface area contributed by atoms with E-state index in [-0.39, 0.29) is 6.03 Å². The molecule has 2 aromatic carbocycles. The summed E-state index contributed by atoms with van der Waals surface area (Å²) in [5.74, 6) is 1.08. The average molecular weight is 394 g/mol. The highest BCUT2D eigenvalue weighted by Crippen LogP contribution is 2.40. The predicted octanol–water partition coefficient (Wildman–Crippen LogP) is 6.11. The lowest BCUT2D eigenvalue weighted by Gasteiger charge is -2.25. The van der Waals surface area contributed by atoms with E-state index >= 15 is 0 Å². The van der Waals surface area contributed by atoms with Gasteiger partial charge in [0, 0.05) is 18.0 Å². The quantitative estimate of drug-likeness (QED) is 0.681. The maximum absolute atomic E-state index is 13.0. The summed E-state index contributed by atoms with van der Waals surface area (Å²) in [4.78, 5) is 14.3. The van der Waals surface area contributed by atoms with Crippen LogP contribution < -0.4 is 5.32 Å². The van der Waals surface area contributed by atoms with Crippen molar-refractivity contribution in [2.75, 3.05) is 17.6 Å². The van der Waals surface area contributed by atoms with E-state index < -0.39 is 17.1 Å². The van der Waals surface area contributed by atoms with Gasteiger partial charge in [-0.25, -0.2) is 4.79 Å². The first-order valence-corrected chi connectivity index (χ1v) is 9.77. The van der Waals surface area contributed by atoms with Crippen molar-refractivity contribution < 1.29 is 18.0 Å². The summed E-state index contributed by atoms with van der Waals surface area (Å²) in [6.45, 7) is 4.67. The SMILES string of the molecule is CC(C)c1ccc(NC(=O)N2CCSC2c2cccc(C(F)(F)F)c2)cc1. The van der Waals surface area contributed by atoms with Crippen molar-refractivity contribution in [3.8, 4) is 0 Å². The molecule has 1 unspecified atom stereocenters. The lowest BCUT2D eigenvalue weighted by atomic mass is 10.0. The number of alkyl halides is 3. The van der Waals surface area contributed by atoms with E-state index in [0.29, 0.717) is 29.5 Å².